The molecule has 2 aromatic carbocycles. The lowest BCUT2D eigenvalue weighted by molar-refractivity contribution is -0.694. The molecule has 138 valence electrons. The minimum atomic E-state index is -1.09. The van der Waals surface area contributed by atoms with Crippen molar-refractivity contribution in [2.45, 2.75) is 32.2 Å². The number of carboxylic acid groups (broad SMARTS) is 1. The van der Waals surface area contributed by atoms with Crippen LogP contribution in [0.3, 0.4) is 0 Å². The molecule has 2 rings (SSSR count). The van der Waals surface area contributed by atoms with Gasteiger partial charge in [-0.05, 0) is 30.7 Å². The van der Waals surface area contributed by atoms with Crippen molar-refractivity contribution in [2.24, 2.45) is 0 Å². The molecule has 0 radical (unpaired) electrons. The Labute approximate surface area is 154 Å². The predicted molar refractivity (Wildman–Crippen MR) is 96.8 cm³/mol. The van der Waals surface area contributed by atoms with Gasteiger partial charge in [-0.15, -0.1) is 0 Å². The van der Waals surface area contributed by atoms with E-state index in [4.69, 9.17) is 4.74 Å². The monoisotopic (exact) mass is 355 g/mol. The fraction of sp³-hybridized carbons (Fsp3) is 0.333. The molecule has 0 bridgehead atoms. The number of carboxylic acids is 1. The number of carbonyl (C=O) groups excluding carboxylic acids is 2. The number of aliphatic carboxylic acids is 1. The number of benzene rings is 2. The fourth-order valence-corrected chi connectivity index (χ4v) is 2.73. The van der Waals surface area contributed by atoms with Crippen LogP contribution in [0.4, 0.5) is 0 Å². The molecule has 26 heavy (non-hydrogen) atoms. The summed E-state index contributed by atoms with van der Waals surface area (Å²) < 4.78 is 5.51. The lowest BCUT2D eigenvalue weighted by Crippen LogP contribution is -2.86. The van der Waals surface area contributed by atoms with E-state index in [1.54, 1.807) is 24.3 Å². The highest BCUT2D eigenvalue weighted by Gasteiger charge is 2.16. The van der Waals surface area contributed by atoms with Crippen LogP contribution in [0.2, 0.25) is 0 Å². The summed E-state index contributed by atoms with van der Waals surface area (Å²) >= 11 is 0. The Kier molecular flexibility index (Phi) is 7.83. The summed E-state index contributed by atoms with van der Waals surface area (Å²) in [6.45, 7) is 3.21. The number of carbonyl (C=O) groups is 2. The van der Waals surface area contributed by atoms with Gasteiger partial charge in [0.2, 0.25) is 0 Å². The largest absolute Gasteiger partial charge is 0.550 e. The Morgan fingerprint density at radius 1 is 1.08 bits per heavy atom. The van der Waals surface area contributed by atoms with Gasteiger partial charge in [0, 0.05) is 23.5 Å². The molecule has 0 amide bonds. The van der Waals surface area contributed by atoms with Crippen LogP contribution in [-0.4, -0.2) is 24.9 Å². The van der Waals surface area contributed by atoms with Gasteiger partial charge in [-0.2, -0.15) is 0 Å². The zero-order chi connectivity index (χ0) is 18.8. The average Bonchev–Trinajstić information content (AvgIpc) is 2.66. The molecule has 0 saturated carbocycles. The summed E-state index contributed by atoms with van der Waals surface area (Å²) in [5, 5.41) is 12.9. The van der Waals surface area contributed by atoms with Crippen molar-refractivity contribution < 1.29 is 24.7 Å². The molecular formula is C21H25NO4. The summed E-state index contributed by atoms with van der Waals surface area (Å²) in [6.07, 6.45) is 1.19. The second-order valence-electron chi connectivity index (χ2n) is 6.16. The average molecular weight is 355 g/mol. The van der Waals surface area contributed by atoms with E-state index in [1.807, 2.05) is 42.6 Å². The van der Waals surface area contributed by atoms with Crippen molar-refractivity contribution in [3.8, 4) is 5.75 Å². The second kappa shape index (κ2) is 10.4. The molecule has 2 aromatic rings. The van der Waals surface area contributed by atoms with E-state index in [1.165, 1.54) is 0 Å². The van der Waals surface area contributed by atoms with Gasteiger partial charge in [-0.1, -0.05) is 37.3 Å². The van der Waals surface area contributed by atoms with Crippen LogP contribution >= 0.6 is 0 Å². The Morgan fingerprint density at radius 2 is 1.77 bits per heavy atom. The van der Waals surface area contributed by atoms with Crippen molar-refractivity contribution in [2.75, 3.05) is 13.2 Å². The van der Waals surface area contributed by atoms with Crippen LogP contribution in [0, 0.1) is 0 Å². The number of ether oxygens (including phenoxy) is 1. The number of hydrogen-bond acceptors (Lipinski definition) is 4. The second-order valence-corrected chi connectivity index (χ2v) is 6.16. The van der Waals surface area contributed by atoms with Crippen LogP contribution in [0.1, 0.15) is 48.1 Å². The Balaban J connectivity index is 1.88. The number of nitrogens with two attached hydrogens (primary N) is 1. The van der Waals surface area contributed by atoms with Gasteiger partial charge in [-0.25, -0.2) is 0 Å². The first-order valence-corrected chi connectivity index (χ1v) is 8.94. The fourth-order valence-electron chi connectivity index (χ4n) is 2.73. The smallest absolute Gasteiger partial charge is 0.168 e. The van der Waals surface area contributed by atoms with Crippen molar-refractivity contribution in [3.63, 3.8) is 0 Å². The lowest BCUT2D eigenvalue weighted by Gasteiger charge is -2.16. The molecular weight excluding hydrogens is 330 g/mol. The quantitative estimate of drug-likeness (QED) is 0.619. The van der Waals surface area contributed by atoms with Gasteiger partial charge >= 0.3 is 0 Å². The van der Waals surface area contributed by atoms with Crippen LogP contribution < -0.4 is 15.2 Å². The zero-order valence-corrected chi connectivity index (χ0v) is 15.0. The summed E-state index contributed by atoms with van der Waals surface area (Å²) in [5.41, 5.74) is 1.56. The van der Waals surface area contributed by atoms with Crippen LogP contribution in [0.25, 0.3) is 0 Å². The van der Waals surface area contributed by atoms with Crippen molar-refractivity contribution in [3.05, 3.63) is 65.7 Å². The Hall–Kier alpha value is -2.66. The summed E-state index contributed by atoms with van der Waals surface area (Å²) in [6, 6.07) is 16.3. The molecule has 0 spiro atoms. The van der Waals surface area contributed by atoms with E-state index in [2.05, 4.69) is 0 Å². The van der Waals surface area contributed by atoms with E-state index in [0.29, 0.717) is 25.1 Å². The van der Waals surface area contributed by atoms with Crippen molar-refractivity contribution in [1.82, 2.24) is 0 Å². The van der Waals surface area contributed by atoms with E-state index >= 15 is 0 Å². The minimum absolute atomic E-state index is 0.0311. The Bertz CT molecular complexity index is 698. The van der Waals surface area contributed by atoms with Crippen LogP contribution in [-0.2, 0) is 4.79 Å². The minimum Gasteiger partial charge on any atom is -0.550 e. The third-order valence-corrected chi connectivity index (χ3v) is 4.09. The third kappa shape index (κ3) is 6.33. The predicted octanol–water partition coefficient (Wildman–Crippen LogP) is 1.49. The maximum Gasteiger partial charge on any atom is 0.168 e. The van der Waals surface area contributed by atoms with Gasteiger partial charge in [-0.3, -0.25) is 4.79 Å². The van der Waals surface area contributed by atoms with Crippen LogP contribution in [0.15, 0.2) is 54.6 Å². The number of Topliss-reactive ketones (excluding diaryl/α,β-unsaturated/α-hetero) is 1. The van der Waals surface area contributed by atoms with E-state index < -0.39 is 5.97 Å². The number of rotatable bonds is 11. The van der Waals surface area contributed by atoms with E-state index in [-0.39, 0.29) is 18.2 Å². The SMILES string of the molecule is CCCOc1ccc(C(=O)CC[NH2+]C(CC(=O)[O-])c2ccccc2)cc1. The van der Waals surface area contributed by atoms with Gasteiger partial charge in [0.25, 0.3) is 0 Å². The molecule has 0 aromatic heterocycles. The maximum atomic E-state index is 12.3. The molecule has 0 fully saturated rings. The van der Waals surface area contributed by atoms with Crippen LogP contribution in [0.5, 0.6) is 5.75 Å². The molecule has 0 aliphatic rings. The molecule has 1 atom stereocenters. The number of hydrogen-bond donors (Lipinski definition) is 1. The first kappa shape index (κ1) is 19.7. The van der Waals surface area contributed by atoms with Crippen molar-refractivity contribution in [1.29, 1.82) is 0 Å². The maximum absolute atomic E-state index is 12.3. The van der Waals surface area contributed by atoms with E-state index in [9.17, 15) is 14.7 Å². The standard InChI is InChI=1S/C21H25NO4/c1-2-14-26-18-10-8-17(9-11-18)20(23)12-13-22-19(15-21(24)25)16-6-4-3-5-7-16/h3-11,19,22H,2,12-15H2,1H3,(H,24,25). The highest BCUT2D eigenvalue weighted by Crippen LogP contribution is 2.14. The van der Waals surface area contributed by atoms with E-state index in [0.717, 1.165) is 17.7 Å². The Morgan fingerprint density at radius 3 is 2.38 bits per heavy atom. The molecule has 0 heterocycles. The first-order valence-electron chi connectivity index (χ1n) is 8.94. The molecule has 0 aliphatic carbocycles. The van der Waals surface area contributed by atoms with Gasteiger partial charge in [0.15, 0.2) is 5.78 Å². The lowest BCUT2D eigenvalue weighted by atomic mass is 10.0. The number of quaternary nitrogens is 1. The third-order valence-electron chi connectivity index (χ3n) is 4.09. The first-order chi connectivity index (χ1) is 12.6. The highest BCUT2D eigenvalue weighted by molar-refractivity contribution is 5.96. The molecule has 2 N–H and O–H groups in total. The molecule has 5 nitrogen and oxygen atoms in total. The van der Waals surface area contributed by atoms with Gasteiger partial charge in [0.05, 0.1) is 19.6 Å². The molecule has 1 unspecified atom stereocenters. The molecule has 5 heteroatoms. The highest BCUT2D eigenvalue weighted by atomic mass is 16.5. The molecule has 0 saturated heterocycles. The molecule has 0 aliphatic heterocycles. The van der Waals surface area contributed by atoms with Gasteiger partial charge in [0.1, 0.15) is 11.8 Å². The summed E-state index contributed by atoms with van der Waals surface area (Å²) in [5.74, 6) is -0.305. The normalized spacial score (nSPS) is 11.7. The summed E-state index contributed by atoms with van der Waals surface area (Å²) in [4.78, 5) is 23.3. The van der Waals surface area contributed by atoms with Gasteiger partial charge < -0.3 is 20.0 Å². The number of ketones is 1. The zero-order valence-electron chi connectivity index (χ0n) is 15.0. The topological polar surface area (TPSA) is 83.0 Å². The summed E-state index contributed by atoms with van der Waals surface area (Å²) in [7, 11) is 0. The van der Waals surface area contributed by atoms with Crippen molar-refractivity contribution >= 4 is 11.8 Å².